The van der Waals surface area contributed by atoms with Crippen molar-refractivity contribution in [3.8, 4) is 5.75 Å². The number of anilines is 1. The van der Waals surface area contributed by atoms with E-state index >= 15 is 0 Å². The molecule has 1 heterocycles. The Hall–Kier alpha value is -3.08. The van der Waals surface area contributed by atoms with Crippen molar-refractivity contribution in [3.63, 3.8) is 0 Å². The van der Waals surface area contributed by atoms with Crippen molar-refractivity contribution in [3.05, 3.63) is 69.6 Å². The third-order valence-corrected chi connectivity index (χ3v) is 4.70. The van der Waals surface area contributed by atoms with E-state index in [0.29, 0.717) is 11.3 Å². The molecule has 0 aliphatic heterocycles. The fourth-order valence-corrected chi connectivity index (χ4v) is 3.08. The second kappa shape index (κ2) is 7.89. The number of aryl methyl sites for hydroxylation is 2. The van der Waals surface area contributed by atoms with Crippen molar-refractivity contribution in [1.82, 2.24) is 0 Å². The lowest BCUT2D eigenvalue weighted by molar-refractivity contribution is -0.122. The summed E-state index contributed by atoms with van der Waals surface area (Å²) >= 11 is 0. The fraction of sp³-hybridized carbons (Fsp3) is 0.304. The molecule has 0 fully saturated rings. The average Bonchev–Trinajstić information content (AvgIpc) is 2.63. The average molecular weight is 379 g/mol. The van der Waals surface area contributed by atoms with Crippen LogP contribution in [0.15, 0.2) is 51.7 Å². The SMILES string of the molecule is Cc1ccc(C)c(NC(=O)C(C)Oc2ccc3c(C(C)C)cc(=O)oc3c2)c1. The minimum Gasteiger partial charge on any atom is -0.481 e. The number of fused-ring (bicyclic) bond motifs is 1. The predicted molar refractivity (Wildman–Crippen MR) is 111 cm³/mol. The van der Waals surface area contributed by atoms with Gasteiger partial charge in [-0.15, -0.1) is 0 Å². The Balaban J connectivity index is 1.80. The van der Waals surface area contributed by atoms with E-state index in [1.807, 2.05) is 52.0 Å². The summed E-state index contributed by atoms with van der Waals surface area (Å²) in [6.07, 6.45) is -0.711. The standard InChI is InChI=1S/C23H25NO4/c1-13(2)19-12-22(25)28-21-11-17(8-9-18(19)21)27-16(5)23(26)24-20-10-14(3)6-7-15(20)4/h6-13,16H,1-5H3,(H,24,26). The van der Waals surface area contributed by atoms with Crippen LogP contribution in [0.5, 0.6) is 5.75 Å². The smallest absolute Gasteiger partial charge is 0.336 e. The summed E-state index contributed by atoms with van der Waals surface area (Å²) in [4.78, 5) is 24.4. The summed E-state index contributed by atoms with van der Waals surface area (Å²) in [6, 6.07) is 12.7. The largest absolute Gasteiger partial charge is 0.481 e. The van der Waals surface area contributed by atoms with Crippen molar-refractivity contribution in [2.75, 3.05) is 5.32 Å². The van der Waals surface area contributed by atoms with E-state index in [0.717, 1.165) is 27.8 Å². The van der Waals surface area contributed by atoms with E-state index in [4.69, 9.17) is 9.15 Å². The lowest BCUT2D eigenvalue weighted by atomic mass is 10.00. The van der Waals surface area contributed by atoms with Crippen LogP contribution in [0.2, 0.25) is 0 Å². The number of carbonyl (C=O) groups excluding carboxylic acids is 1. The van der Waals surface area contributed by atoms with E-state index in [9.17, 15) is 9.59 Å². The molecule has 2 aromatic carbocycles. The summed E-state index contributed by atoms with van der Waals surface area (Å²) in [7, 11) is 0. The molecule has 1 atom stereocenters. The van der Waals surface area contributed by atoms with Gasteiger partial charge < -0.3 is 14.5 Å². The number of hydrogen-bond acceptors (Lipinski definition) is 4. The molecule has 0 aliphatic rings. The molecular weight excluding hydrogens is 354 g/mol. The van der Waals surface area contributed by atoms with Crippen molar-refractivity contribution in [1.29, 1.82) is 0 Å². The zero-order valence-corrected chi connectivity index (χ0v) is 16.8. The monoisotopic (exact) mass is 379 g/mol. The fourth-order valence-electron chi connectivity index (χ4n) is 3.08. The van der Waals surface area contributed by atoms with Gasteiger partial charge in [0.15, 0.2) is 6.10 Å². The van der Waals surface area contributed by atoms with Gasteiger partial charge in [0, 0.05) is 23.2 Å². The van der Waals surface area contributed by atoms with Gasteiger partial charge >= 0.3 is 5.63 Å². The van der Waals surface area contributed by atoms with Gasteiger partial charge in [0.1, 0.15) is 11.3 Å². The molecule has 1 aromatic heterocycles. The van der Waals surface area contributed by atoms with Crippen LogP contribution in [0.3, 0.4) is 0 Å². The highest BCUT2D eigenvalue weighted by atomic mass is 16.5. The lowest BCUT2D eigenvalue weighted by Gasteiger charge is -2.17. The van der Waals surface area contributed by atoms with Gasteiger partial charge in [0.25, 0.3) is 5.91 Å². The Morgan fingerprint density at radius 1 is 1.04 bits per heavy atom. The zero-order chi connectivity index (χ0) is 20.4. The molecule has 5 nitrogen and oxygen atoms in total. The van der Waals surface area contributed by atoms with Crippen LogP contribution in [0.1, 0.15) is 43.4 Å². The van der Waals surface area contributed by atoms with Gasteiger partial charge in [0.05, 0.1) is 0 Å². The number of ether oxygens (including phenoxy) is 1. The molecular formula is C23H25NO4. The molecule has 1 amide bonds. The molecule has 0 saturated carbocycles. The second-order valence-electron chi connectivity index (χ2n) is 7.40. The van der Waals surface area contributed by atoms with Crippen LogP contribution in [0.25, 0.3) is 11.0 Å². The first kappa shape index (κ1) is 19.7. The molecule has 3 aromatic rings. The highest BCUT2D eigenvalue weighted by molar-refractivity contribution is 5.95. The molecule has 0 aliphatic carbocycles. The van der Waals surface area contributed by atoms with E-state index in [2.05, 4.69) is 5.32 Å². The van der Waals surface area contributed by atoms with Gasteiger partial charge in [-0.1, -0.05) is 26.0 Å². The van der Waals surface area contributed by atoms with E-state index in [1.165, 1.54) is 6.07 Å². The maximum Gasteiger partial charge on any atom is 0.336 e. The van der Waals surface area contributed by atoms with Crippen LogP contribution < -0.4 is 15.7 Å². The molecule has 3 rings (SSSR count). The highest BCUT2D eigenvalue weighted by Gasteiger charge is 2.17. The van der Waals surface area contributed by atoms with E-state index < -0.39 is 11.7 Å². The Morgan fingerprint density at radius 2 is 1.79 bits per heavy atom. The molecule has 146 valence electrons. The minimum absolute atomic E-state index is 0.195. The molecule has 0 radical (unpaired) electrons. The Morgan fingerprint density at radius 3 is 2.50 bits per heavy atom. The van der Waals surface area contributed by atoms with Crippen LogP contribution >= 0.6 is 0 Å². The first-order valence-electron chi connectivity index (χ1n) is 9.37. The summed E-state index contributed by atoms with van der Waals surface area (Å²) in [5, 5.41) is 3.77. The molecule has 0 bridgehead atoms. The van der Waals surface area contributed by atoms with Gasteiger partial charge in [0.2, 0.25) is 0 Å². The zero-order valence-electron chi connectivity index (χ0n) is 16.8. The lowest BCUT2D eigenvalue weighted by Crippen LogP contribution is -2.30. The maximum atomic E-state index is 12.5. The Bertz CT molecular complexity index is 1080. The molecule has 1 N–H and O–H groups in total. The van der Waals surface area contributed by atoms with Crippen LogP contribution in [-0.4, -0.2) is 12.0 Å². The molecule has 0 saturated heterocycles. The van der Waals surface area contributed by atoms with Crippen molar-refractivity contribution >= 4 is 22.6 Å². The number of carbonyl (C=O) groups is 1. The summed E-state index contributed by atoms with van der Waals surface area (Å²) in [5.74, 6) is 0.423. The minimum atomic E-state index is -0.711. The normalized spacial score (nSPS) is 12.2. The van der Waals surface area contributed by atoms with Gasteiger partial charge in [-0.2, -0.15) is 0 Å². The van der Waals surface area contributed by atoms with Gasteiger partial charge in [-0.05, 0) is 61.6 Å². The first-order valence-corrected chi connectivity index (χ1v) is 9.37. The van der Waals surface area contributed by atoms with Gasteiger partial charge in [-0.25, -0.2) is 4.79 Å². The number of nitrogens with one attached hydrogen (secondary N) is 1. The number of benzene rings is 2. The van der Waals surface area contributed by atoms with Crippen molar-refractivity contribution in [2.45, 2.75) is 46.6 Å². The molecule has 5 heteroatoms. The van der Waals surface area contributed by atoms with Crippen molar-refractivity contribution in [2.24, 2.45) is 0 Å². The van der Waals surface area contributed by atoms with E-state index in [1.54, 1.807) is 19.1 Å². The molecule has 28 heavy (non-hydrogen) atoms. The second-order valence-corrected chi connectivity index (χ2v) is 7.40. The maximum absolute atomic E-state index is 12.5. The number of rotatable bonds is 5. The van der Waals surface area contributed by atoms with Crippen LogP contribution in [0.4, 0.5) is 5.69 Å². The first-order chi connectivity index (χ1) is 13.2. The summed E-state index contributed by atoms with van der Waals surface area (Å²) < 4.78 is 11.1. The van der Waals surface area contributed by atoms with Crippen LogP contribution in [-0.2, 0) is 4.79 Å². The summed E-state index contributed by atoms with van der Waals surface area (Å²) in [6.45, 7) is 9.66. The van der Waals surface area contributed by atoms with Crippen LogP contribution in [0, 0.1) is 13.8 Å². The number of amides is 1. The third-order valence-electron chi connectivity index (χ3n) is 4.70. The molecule has 0 spiro atoms. The Labute approximate surface area is 164 Å². The summed E-state index contributed by atoms with van der Waals surface area (Å²) in [5.41, 5.74) is 3.81. The Kier molecular flexibility index (Phi) is 5.54. The quantitative estimate of drug-likeness (QED) is 0.638. The topological polar surface area (TPSA) is 68.5 Å². The van der Waals surface area contributed by atoms with Crippen molar-refractivity contribution < 1.29 is 13.9 Å². The number of hydrogen-bond donors (Lipinski definition) is 1. The highest BCUT2D eigenvalue weighted by Crippen LogP contribution is 2.27. The predicted octanol–water partition coefficient (Wildman–Crippen LogP) is 4.94. The third kappa shape index (κ3) is 4.25. The molecule has 1 unspecified atom stereocenters. The van der Waals surface area contributed by atoms with Gasteiger partial charge in [-0.3, -0.25) is 4.79 Å². The van der Waals surface area contributed by atoms with E-state index in [-0.39, 0.29) is 11.8 Å².